The highest BCUT2D eigenvalue weighted by Gasteiger charge is 2.15. The Morgan fingerprint density at radius 3 is 2.52 bits per heavy atom. The van der Waals surface area contributed by atoms with E-state index in [1.807, 2.05) is 30.5 Å². The predicted octanol–water partition coefficient (Wildman–Crippen LogP) is 6.91. The molecule has 0 saturated carbocycles. The molecule has 1 heterocycles. The minimum Gasteiger partial charge on any atom is -0.348 e. The molecule has 0 atom stereocenters. The second-order valence-electron chi connectivity index (χ2n) is 8.62. The van der Waals surface area contributed by atoms with Gasteiger partial charge in [0.05, 0.1) is 0 Å². The zero-order chi connectivity index (χ0) is 23.5. The average molecular weight is 461 g/mol. The molecular weight excluding hydrogens is 431 g/mol. The van der Waals surface area contributed by atoms with E-state index in [-0.39, 0.29) is 18.3 Å². The molecule has 1 aromatic heterocycles. The van der Waals surface area contributed by atoms with Gasteiger partial charge >= 0.3 is 0 Å². The SMILES string of the molecule is CSc1ccc(CNC(=O)c2ccc3c(c2)cc(Cc2ccccc2C)n3C(C)C)c(F)c1. The Morgan fingerprint density at radius 1 is 1.03 bits per heavy atom. The van der Waals surface area contributed by atoms with Gasteiger partial charge in [0.25, 0.3) is 5.91 Å². The van der Waals surface area contributed by atoms with Gasteiger partial charge < -0.3 is 9.88 Å². The van der Waals surface area contributed by atoms with E-state index in [2.05, 4.69) is 61.0 Å². The van der Waals surface area contributed by atoms with E-state index in [9.17, 15) is 9.18 Å². The standard InChI is InChI=1S/C28H29FN2OS/c1-18(2)31-24(14-20-8-6-5-7-19(20)3)15-23-13-21(10-12-27(23)31)28(32)30-17-22-9-11-25(33-4)16-26(22)29/h5-13,15-16,18H,14,17H2,1-4H3,(H,30,32). The van der Waals surface area contributed by atoms with Crippen molar-refractivity contribution >= 4 is 28.6 Å². The molecule has 170 valence electrons. The number of amides is 1. The topological polar surface area (TPSA) is 34.0 Å². The van der Waals surface area contributed by atoms with Crippen molar-refractivity contribution < 1.29 is 9.18 Å². The minimum absolute atomic E-state index is 0.156. The maximum absolute atomic E-state index is 14.3. The van der Waals surface area contributed by atoms with Crippen molar-refractivity contribution in [3.8, 4) is 0 Å². The van der Waals surface area contributed by atoms with E-state index in [1.54, 1.807) is 6.07 Å². The summed E-state index contributed by atoms with van der Waals surface area (Å²) in [5, 5.41) is 3.89. The van der Waals surface area contributed by atoms with Gasteiger partial charge in [0.2, 0.25) is 0 Å². The number of thioether (sulfide) groups is 1. The van der Waals surface area contributed by atoms with Crippen LogP contribution >= 0.6 is 11.8 Å². The molecule has 3 aromatic carbocycles. The minimum atomic E-state index is -0.299. The fourth-order valence-electron chi connectivity index (χ4n) is 4.26. The number of benzene rings is 3. The Morgan fingerprint density at radius 2 is 1.82 bits per heavy atom. The summed E-state index contributed by atoms with van der Waals surface area (Å²) in [7, 11) is 0. The highest BCUT2D eigenvalue weighted by Crippen LogP contribution is 2.28. The van der Waals surface area contributed by atoms with E-state index in [1.165, 1.54) is 34.6 Å². The van der Waals surface area contributed by atoms with Crippen LogP contribution in [0.1, 0.15) is 52.6 Å². The molecular formula is C28H29FN2OS. The lowest BCUT2D eigenvalue weighted by atomic mass is 10.0. The van der Waals surface area contributed by atoms with Crippen molar-refractivity contribution in [2.75, 3.05) is 6.26 Å². The van der Waals surface area contributed by atoms with Crippen molar-refractivity contribution in [3.05, 3.63) is 100 Å². The third-order valence-electron chi connectivity index (χ3n) is 6.03. The number of fused-ring (bicyclic) bond motifs is 1. The van der Waals surface area contributed by atoms with Crippen LogP contribution in [0.15, 0.2) is 71.6 Å². The van der Waals surface area contributed by atoms with Crippen molar-refractivity contribution in [2.24, 2.45) is 0 Å². The number of halogens is 1. The number of aryl methyl sites for hydroxylation is 1. The lowest BCUT2D eigenvalue weighted by Crippen LogP contribution is -2.23. The summed E-state index contributed by atoms with van der Waals surface area (Å²) >= 11 is 1.49. The van der Waals surface area contributed by atoms with E-state index < -0.39 is 0 Å². The molecule has 4 aromatic rings. The molecule has 0 saturated heterocycles. The van der Waals surface area contributed by atoms with Crippen LogP contribution in [0.3, 0.4) is 0 Å². The Hall–Kier alpha value is -3.05. The van der Waals surface area contributed by atoms with E-state index in [0.717, 1.165) is 22.2 Å². The normalized spacial score (nSPS) is 11.3. The first-order valence-electron chi connectivity index (χ1n) is 11.2. The van der Waals surface area contributed by atoms with E-state index in [4.69, 9.17) is 0 Å². The van der Waals surface area contributed by atoms with Crippen LogP contribution in [0.4, 0.5) is 4.39 Å². The Labute approximate surface area is 199 Å². The summed E-state index contributed by atoms with van der Waals surface area (Å²) in [6.45, 7) is 6.65. The van der Waals surface area contributed by atoms with Gasteiger partial charge in [0.15, 0.2) is 0 Å². The molecule has 0 aliphatic carbocycles. The van der Waals surface area contributed by atoms with Crippen LogP contribution in [0.5, 0.6) is 0 Å². The number of hydrogen-bond acceptors (Lipinski definition) is 2. The number of carbonyl (C=O) groups is 1. The van der Waals surface area contributed by atoms with Gasteiger partial charge in [0, 0.05) is 51.6 Å². The maximum Gasteiger partial charge on any atom is 0.251 e. The molecule has 33 heavy (non-hydrogen) atoms. The first-order chi connectivity index (χ1) is 15.9. The molecule has 0 unspecified atom stereocenters. The Bertz CT molecular complexity index is 1310. The number of carbonyl (C=O) groups excluding carboxylic acids is 1. The van der Waals surface area contributed by atoms with Gasteiger partial charge in [0.1, 0.15) is 5.82 Å². The average Bonchev–Trinajstić information content (AvgIpc) is 3.16. The number of nitrogens with zero attached hydrogens (tertiary/aromatic N) is 1. The second kappa shape index (κ2) is 9.84. The summed E-state index contributed by atoms with van der Waals surface area (Å²) < 4.78 is 16.6. The third kappa shape index (κ3) is 4.98. The summed E-state index contributed by atoms with van der Waals surface area (Å²) in [6, 6.07) is 21.8. The van der Waals surface area contributed by atoms with Crippen LogP contribution in [0.25, 0.3) is 10.9 Å². The van der Waals surface area contributed by atoms with Crippen LogP contribution in [0.2, 0.25) is 0 Å². The van der Waals surface area contributed by atoms with Crippen molar-refractivity contribution in [3.63, 3.8) is 0 Å². The highest BCUT2D eigenvalue weighted by molar-refractivity contribution is 7.98. The number of hydrogen-bond donors (Lipinski definition) is 1. The van der Waals surface area contributed by atoms with Crippen LogP contribution in [-0.2, 0) is 13.0 Å². The van der Waals surface area contributed by atoms with Crippen molar-refractivity contribution in [1.29, 1.82) is 0 Å². The molecule has 5 heteroatoms. The Kier molecular flexibility index (Phi) is 6.89. The molecule has 0 spiro atoms. The first-order valence-corrected chi connectivity index (χ1v) is 12.4. The molecule has 1 amide bonds. The summed E-state index contributed by atoms with van der Waals surface area (Å²) in [5.41, 5.74) is 5.97. The van der Waals surface area contributed by atoms with Crippen LogP contribution < -0.4 is 5.32 Å². The molecule has 3 nitrogen and oxygen atoms in total. The van der Waals surface area contributed by atoms with Gasteiger partial charge in [-0.15, -0.1) is 11.8 Å². The third-order valence-corrected chi connectivity index (χ3v) is 6.75. The zero-order valence-electron chi connectivity index (χ0n) is 19.5. The largest absolute Gasteiger partial charge is 0.348 e. The zero-order valence-corrected chi connectivity index (χ0v) is 20.3. The summed E-state index contributed by atoms with van der Waals surface area (Å²) in [6.07, 6.45) is 2.75. The van der Waals surface area contributed by atoms with Gasteiger partial charge in [-0.05, 0) is 74.6 Å². The van der Waals surface area contributed by atoms with E-state index in [0.29, 0.717) is 17.2 Å². The Balaban J connectivity index is 1.58. The maximum atomic E-state index is 14.3. The quantitative estimate of drug-likeness (QED) is 0.304. The molecule has 1 N–H and O–H groups in total. The smallest absolute Gasteiger partial charge is 0.251 e. The molecule has 0 radical (unpaired) electrons. The van der Waals surface area contributed by atoms with E-state index >= 15 is 0 Å². The lowest BCUT2D eigenvalue weighted by Gasteiger charge is -2.16. The predicted molar refractivity (Wildman–Crippen MR) is 136 cm³/mol. The van der Waals surface area contributed by atoms with Gasteiger partial charge in [-0.3, -0.25) is 4.79 Å². The summed E-state index contributed by atoms with van der Waals surface area (Å²) in [4.78, 5) is 13.7. The van der Waals surface area contributed by atoms with Crippen molar-refractivity contribution in [1.82, 2.24) is 9.88 Å². The second-order valence-corrected chi connectivity index (χ2v) is 9.50. The molecule has 0 aliphatic heterocycles. The van der Waals surface area contributed by atoms with Crippen LogP contribution in [0, 0.1) is 12.7 Å². The molecule has 0 fully saturated rings. The van der Waals surface area contributed by atoms with Crippen molar-refractivity contribution in [2.45, 2.75) is 44.7 Å². The van der Waals surface area contributed by atoms with Gasteiger partial charge in [-0.1, -0.05) is 30.3 Å². The molecule has 0 aliphatic rings. The number of rotatable bonds is 7. The lowest BCUT2D eigenvalue weighted by molar-refractivity contribution is 0.0950. The van der Waals surface area contributed by atoms with Gasteiger partial charge in [-0.25, -0.2) is 4.39 Å². The fraction of sp³-hybridized carbons (Fsp3) is 0.250. The molecule has 0 bridgehead atoms. The monoisotopic (exact) mass is 460 g/mol. The van der Waals surface area contributed by atoms with Crippen LogP contribution in [-0.4, -0.2) is 16.7 Å². The summed E-state index contributed by atoms with van der Waals surface area (Å²) in [5.74, 6) is -0.504. The highest BCUT2D eigenvalue weighted by atomic mass is 32.2. The first kappa shape index (κ1) is 23.1. The molecule has 4 rings (SSSR count). The fourth-order valence-corrected chi connectivity index (χ4v) is 4.69. The number of aromatic nitrogens is 1. The number of nitrogens with one attached hydrogen (secondary N) is 1. The van der Waals surface area contributed by atoms with Gasteiger partial charge in [-0.2, -0.15) is 0 Å².